The number of hydrogen-bond donors (Lipinski definition) is 0. The van der Waals surface area contributed by atoms with Crippen LogP contribution in [0.2, 0.25) is 0 Å². The molecule has 0 aliphatic carbocycles. The molecule has 0 aromatic carbocycles. The topological polar surface area (TPSA) is 6.48 Å². The van der Waals surface area contributed by atoms with Crippen LogP contribution in [0.25, 0.3) is 0 Å². The van der Waals surface area contributed by atoms with E-state index in [2.05, 4.69) is 18.7 Å². The van der Waals surface area contributed by atoms with Crippen LogP contribution in [0.15, 0.2) is 0 Å². The molecule has 0 atom stereocenters. The molecule has 0 bridgehead atoms. The second-order valence-corrected chi connectivity index (χ2v) is 4.18. The van der Waals surface area contributed by atoms with E-state index in [1.165, 1.54) is 25.9 Å². The zero-order valence-electron chi connectivity index (χ0n) is 9.30. The summed E-state index contributed by atoms with van der Waals surface area (Å²) in [6.07, 6.45) is 2.83. The zero-order valence-corrected chi connectivity index (χ0v) is 9.30. The molecular weight excluding hydrogens is 148 g/mol. The van der Waals surface area contributed by atoms with Gasteiger partial charge in [-0.2, -0.15) is 0 Å². The molecule has 74 valence electrons. The molecule has 0 spiro atoms. The molecule has 0 radical (unpaired) electrons. The number of nitrogens with zero attached hydrogens (tertiary/aromatic N) is 2. The lowest BCUT2D eigenvalue weighted by molar-refractivity contribution is 0.276. The lowest BCUT2D eigenvalue weighted by atomic mass is 10.3. The van der Waals surface area contributed by atoms with Crippen molar-refractivity contribution >= 4 is 0 Å². The third-order valence-electron chi connectivity index (χ3n) is 1.87. The predicted octanol–water partition coefficient (Wildman–Crippen LogP) is 1.67. The highest BCUT2D eigenvalue weighted by Gasteiger charge is 2.13. The molecule has 2 heteroatoms. The third kappa shape index (κ3) is 6.62. The Morgan fingerprint density at radius 3 is 1.50 bits per heavy atom. The van der Waals surface area contributed by atoms with E-state index in [0.29, 0.717) is 0 Å². The molecule has 0 N–H and O–H groups in total. The fourth-order valence-electron chi connectivity index (χ4n) is 1.26. The van der Waals surface area contributed by atoms with Gasteiger partial charge in [-0.3, -0.25) is 0 Å². The van der Waals surface area contributed by atoms with E-state index in [1.54, 1.807) is 0 Å². The van der Waals surface area contributed by atoms with Gasteiger partial charge in [0.05, 0.1) is 0 Å². The van der Waals surface area contributed by atoms with E-state index in [-0.39, 0.29) is 0 Å². The van der Waals surface area contributed by atoms with Crippen molar-refractivity contribution in [2.75, 3.05) is 34.2 Å². The van der Waals surface area contributed by atoms with Gasteiger partial charge in [-0.1, -0.05) is 0 Å². The molecule has 0 amide bonds. The minimum atomic E-state index is 0.775. The Balaban J connectivity index is 0.000000261. The average molecular weight is 172 g/mol. The van der Waals surface area contributed by atoms with Gasteiger partial charge in [-0.05, 0) is 60.9 Å². The molecule has 0 aromatic heterocycles. The van der Waals surface area contributed by atoms with Crippen LogP contribution in [0.5, 0.6) is 0 Å². The second kappa shape index (κ2) is 6.44. The fourth-order valence-corrected chi connectivity index (χ4v) is 1.26. The highest BCUT2D eigenvalue weighted by Crippen LogP contribution is 2.09. The normalized spacial score (nSPS) is 18.2. The van der Waals surface area contributed by atoms with Gasteiger partial charge < -0.3 is 9.80 Å². The lowest BCUT2D eigenvalue weighted by Gasteiger charge is -2.18. The Kier molecular flexibility index (Phi) is 6.39. The summed E-state index contributed by atoms with van der Waals surface area (Å²) in [7, 11) is 6.00. The maximum atomic E-state index is 2.53. The summed E-state index contributed by atoms with van der Waals surface area (Å²) in [4.78, 5) is 4.53. The third-order valence-corrected chi connectivity index (χ3v) is 1.87. The molecular formula is C10H24N2. The quantitative estimate of drug-likeness (QED) is 0.593. The van der Waals surface area contributed by atoms with Crippen molar-refractivity contribution in [2.45, 2.75) is 32.7 Å². The van der Waals surface area contributed by atoms with Crippen molar-refractivity contribution in [3.8, 4) is 0 Å². The highest BCUT2D eigenvalue weighted by atomic mass is 15.2. The van der Waals surface area contributed by atoms with Crippen molar-refractivity contribution in [1.29, 1.82) is 0 Å². The predicted molar refractivity (Wildman–Crippen MR) is 55.6 cm³/mol. The summed E-state index contributed by atoms with van der Waals surface area (Å²) in [5.41, 5.74) is 0. The first kappa shape index (κ1) is 11.9. The second-order valence-electron chi connectivity index (χ2n) is 4.18. The molecule has 1 rings (SSSR count). The maximum Gasteiger partial charge on any atom is 0.00385 e. The first-order chi connectivity index (χ1) is 5.54. The van der Waals surface area contributed by atoms with Gasteiger partial charge in [-0.25, -0.2) is 0 Å². The molecule has 1 fully saturated rings. The molecule has 0 saturated carbocycles. The van der Waals surface area contributed by atoms with Crippen molar-refractivity contribution in [3.05, 3.63) is 0 Å². The van der Waals surface area contributed by atoms with Crippen LogP contribution < -0.4 is 0 Å². The summed E-state index contributed by atoms with van der Waals surface area (Å²) in [5, 5.41) is 0. The summed E-state index contributed by atoms with van der Waals surface area (Å²) in [6.45, 7) is 7.20. The van der Waals surface area contributed by atoms with Crippen LogP contribution in [-0.2, 0) is 0 Å². The van der Waals surface area contributed by atoms with E-state index in [1.807, 2.05) is 26.0 Å². The van der Waals surface area contributed by atoms with Gasteiger partial charge in [-0.15, -0.1) is 0 Å². The molecule has 0 aromatic rings. The van der Waals surface area contributed by atoms with Crippen molar-refractivity contribution in [2.24, 2.45) is 0 Å². The standard InChI is InChI=1S/C7H15N.C3H9N/c1-7(2)8-5-3-4-6-8;1-4(2)3/h7H,3-6H2,1-2H3;1-3H3. The Bertz CT molecular complexity index is 91.3. The fraction of sp³-hybridized carbons (Fsp3) is 1.00. The Morgan fingerprint density at radius 2 is 1.33 bits per heavy atom. The van der Waals surface area contributed by atoms with Gasteiger partial charge >= 0.3 is 0 Å². The SMILES string of the molecule is CC(C)N1CCCC1.CN(C)C. The van der Waals surface area contributed by atoms with Crippen LogP contribution in [0.3, 0.4) is 0 Å². The molecule has 1 heterocycles. The Labute approximate surface area is 77.5 Å². The molecule has 0 unspecified atom stereocenters. The number of likely N-dealkylation sites (tertiary alicyclic amines) is 1. The van der Waals surface area contributed by atoms with E-state index >= 15 is 0 Å². The molecule has 1 aliphatic heterocycles. The largest absolute Gasteiger partial charge is 0.312 e. The van der Waals surface area contributed by atoms with Crippen LogP contribution in [0.4, 0.5) is 0 Å². The number of rotatable bonds is 1. The molecule has 1 aliphatic rings. The van der Waals surface area contributed by atoms with Crippen molar-refractivity contribution in [1.82, 2.24) is 9.80 Å². The van der Waals surface area contributed by atoms with E-state index in [4.69, 9.17) is 0 Å². The van der Waals surface area contributed by atoms with Crippen LogP contribution in [0.1, 0.15) is 26.7 Å². The van der Waals surface area contributed by atoms with Gasteiger partial charge in [0.25, 0.3) is 0 Å². The van der Waals surface area contributed by atoms with Gasteiger partial charge in [0.1, 0.15) is 0 Å². The summed E-state index contributed by atoms with van der Waals surface area (Å²) in [5.74, 6) is 0. The highest BCUT2D eigenvalue weighted by molar-refractivity contribution is 4.68. The van der Waals surface area contributed by atoms with E-state index < -0.39 is 0 Å². The first-order valence-electron chi connectivity index (χ1n) is 4.89. The van der Waals surface area contributed by atoms with Gasteiger partial charge in [0.2, 0.25) is 0 Å². The van der Waals surface area contributed by atoms with Crippen molar-refractivity contribution < 1.29 is 0 Å². The van der Waals surface area contributed by atoms with Crippen LogP contribution in [0, 0.1) is 0 Å². The van der Waals surface area contributed by atoms with Crippen LogP contribution in [-0.4, -0.2) is 50.1 Å². The van der Waals surface area contributed by atoms with Crippen molar-refractivity contribution in [3.63, 3.8) is 0 Å². The Hall–Kier alpha value is -0.0800. The minimum Gasteiger partial charge on any atom is -0.312 e. The number of hydrogen-bond acceptors (Lipinski definition) is 2. The maximum absolute atomic E-state index is 2.53. The van der Waals surface area contributed by atoms with E-state index in [0.717, 1.165) is 6.04 Å². The monoisotopic (exact) mass is 172 g/mol. The summed E-state index contributed by atoms with van der Waals surface area (Å²) < 4.78 is 0. The van der Waals surface area contributed by atoms with E-state index in [9.17, 15) is 0 Å². The lowest BCUT2D eigenvalue weighted by Crippen LogP contribution is -2.26. The smallest absolute Gasteiger partial charge is 0.00385 e. The average Bonchev–Trinajstić information content (AvgIpc) is 2.34. The van der Waals surface area contributed by atoms with Gasteiger partial charge in [0, 0.05) is 6.04 Å². The summed E-state index contributed by atoms with van der Waals surface area (Å²) >= 11 is 0. The molecule has 2 nitrogen and oxygen atoms in total. The first-order valence-corrected chi connectivity index (χ1v) is 4.89. The Morgan fingerprint density at radius 1 is 1.00 bits per heavy atom. The zero-order chi connectivity index (χ0) is 9.56. The molecule has 12 heavy (non-hydrogen) atoms. The molecule has 1 saturated heterocycles. The van der Waals surface area contributed by atoms with Crippen LogP contribution >= 0.6 is 0 Å². The van der Waals surface area contributed by atoms with Gasteiger partial charge in [0.15, 0.2) is 0 Å². The summed E-state index contributed by atoms with van der Waals surface area (Å²) in [6, 6.07) is 0.775. The minimum absolute atomic E-state index is 0.775.